The predicted molar refractivity (Wildman–Crippen MR) is 328 cm³/mol. The fraction of sp³-hybridized carbons (Fsp3) is 1.00. The van der Waals surface area contributed by atoms with Crippen LogP contribution < -0.4 is 0 Å². The second kappa shape index (κ2) is 56.8. The minimum Gasteiger partial charge on any atom is -0.516 e. The molecule has 16 heteroatoms. The molecule has 0 rings (SSSR count). The third kappa shape index (κ3) is 63.3. The zero-order chi connectivity index (χ0) is 52.7. The van der Waals surface area contributed by atoms with Crippen LogP contribution in [-0.4, -0.2) is 39.6 Å². The van der Waals surface area contributed by atoms with Crippen LogP contribution in [0, 0.1) is 76.3 Å². The van der Waals surface area contributed by atoms with Crippen molar-refractivity contribution in [2.75, 3.05) is 39.6 Å². The van der Waals surface area contributed by atoms with Crippen LogP contribution in [0.3, 0.4) is 0 Å². The van der Waals surface area contributed by atoms with E-state index in [4.69, 9.17) is 101 Å². The summed E-state index contributed by atoms with van der Waals surface area (Å²) >= 11 is 31.8. The van der Waals surface area contributed by atoms with Crippen molar-refractivity contribution in [3.05, 3.63) is 0 Å². The van der Waals surface area contributed by atoms with Crippen molar-refractivity contribution in [2.24, 2.45) is 35.5 Å². The van der Waals surface area contributed by atoms with Crippen LogP contribution in [-0.2, 0) is 101 Å². The Morgan fingerprint density at radius 3 is 0.486 bits per heavy atom. The molecule has 0 saturated heterocycles. The summed E-state index contributed by atoms with van der Waals surface area (Å²) in [6.07, 6.45) is 29.3. The van der Waals surface area contributed by atoms with Gasteiger partial charge >= 0.3 is 40.8 Å². The zero-order valence-electron chi connectivity index (χ0n) is 47.7. The fourth-order valence-corrected chi connectivity index (χ4v) is 12.0. The fourth-order valence-electron chi connectivity index (χ4n) is 7.02. The normalized spacial score (nSPS) is 14.7. The smallest absolute Gasteiger partial charge is 0.516 e. The van der Waals surface area contributed by atoms with E-state index in [9.17, 15) is 0 Å². The summed E-state index contributed by atoms with van der Waals surface area (Å²) in [7, 11) is 0. The van der Waals surface area contributed by atoms with Crippen LogP contribution >= 0.6 is 18.4 Å². The van der Waals surface area contributed by atoms with E-state index >= 15 is 0 Å². The standard InChI is InChI=1S/3C18H39O2PS2.Nd/c3*1-5-17(3)13-9-7-11-15-19-21(22,23)20-16-12-8-10-14-18(4)6-2;/h3*17-18H,5-16H2,1-4H3,(H,22,23);/q;;;+3/p-3. The first kappa shape index (κ1) is 81.0. The van der Waals surface area contributed by atoms with E-state index < -0.39 is 18.4 Å². The van der Waals surface area contributed by atoms with Crippen molar-refractivity contribution in [3.63, 3.8) is 0 Å². The SMILES string of the molecule is CCC(C)CCCCCO[P+]([S-])([S-])OCCCCCC(C)CC.CCC(C)CCCCCO[P+]([S-])([S-])OCCCCCC(C)CC.CCC(C)CCCCCO[P+]([S-])([S-])OCCCCCC(C)CC.[Nd+3]. The van der Waals surface area contributed by atoms with Crippen molar-refractivity contribution < 1.29 is 68.0 Å². The maximum Gasteiger partial charge on any atom is 3.00 e. The molecule has 6 unspecified atom stereocenters. The van der Waals surface area contributed by atoms with Crippen LogP contribution in [0.15, 0.2) is 0 Å². The molecule has 0 bridgehead atoms. The van der Waals surface area contributed by atoms with Gasteiger partial charge in [-0.1, -0.05) is 237 Å². The molecule has 0 aliphatic heterocycles. The molecule has 6 atom stereocenters. The number of hydrogen-bond acceptors (Lipinski definition) is 12. The van der Waals surface area contributed by atoms with Gasteiger partial charge in [0.1, 0.15) is 0 Å². The average Bonchev–Trinajstić information content (AvgIpc) is 3.32. The van der Waals surface area contributed by atoms with Crippen molar-refractivity contribution >= 4 is 91.9 Å². The Hall–Kier alpha value is 4.50. The molecule has 0 heterocycles. The van der Waals surface area contributed by atoms with Gasteiger partial charge < -0.3 is 73.5 Å². The first-order valence-corrected chi connectivity index (χ1v) is 39.5. The van der Waals surface area contributed by atoms with Gasteiger partial charge in [-0.3, -0.25) is 27.1 Å². The molecule has 421 valence electrons. The van der Waals surface area contributed by atoms with Crippen molar-refractivity contribution in [1.82, 2.24) is 0 Å². The molecule has 70 heavy (non-hydrogen) atoms. The van der Waals surface area contributed by atoms with Crippen LogP contribution in [0.25, 0.3) is 0 Å². The van der Waals surface area contributed by atoms with Crippen LogP contribution in [0.1, 0.15) is 276 Å². The van der Waals surface area contributed by atoms with Gasteiger partial charge in [0.15, 0.2) is 0 Å². The van der Waals surface area contributed by atoms with Gasteiger partial charge in [0, 0.05) is 18.4 Å². The summed E-state index contributed by atoms with van der Waals surface area (Å²) in [6.45, 7) is 31.4. The molecule has 1 radical (unpaired) electrons. The number of rotatable bonds is 48. The Kier molecular flexibility index (Phi) is 65.7. The van der Waals surface area contributed by atoms with E-state index in [1.165, 1.54) is 154 Å². The molecule has 0 saturated carbocycles. The van der Waals surface area contributed by atoms with Gasteiger partial charge in [0.2, 0.25) is 0 Å². The Bertz CT molecular complexity index is 855. The Labute approximate surface area is 505 Å². The summed E-state index contributed by atoms with van der Waals surface area (Å²) in [4.78, 5) is 0. The summed E-state index contributed by atoms with van der Waals surface area (Å²) < 4.78 is 33.9. The number of hydrogen-bond donors (Lipinski definition) is 0. The minimum atomic E-state index is -2.42. The Balaban J connectivity index is -0.000000463. The third-order valence-electron chi connectivity index (χ3n) is 13.7. The van der Waals surface area contributed by atoms with Gasteiger partial charge in [0.25, 0.3) is 0 Å². The quantitative estimate of drug-likeness (QED) is 0.0331. The summed E-state index contributed by atoms with van der Waals surface area (Å²) in [5.41, 5.74) is 0. The van der Waals surface area contributed by atoms with E-state index in [1.54, 1.807) is 0 Å². The second-order valence-corrected chi connectivity index (χ2v) is 35.5. The summed E-state index contributed by atoms with van der Waals surface area (Å²) in [6, 6.07) is 0. The van der Waals surface area contributed by atoms with Gasteiger partial charge in [-0.2, -0.15) is 0 Å². The zero-order valence-corrected chi connectivity index (χ0v) is 58.5. The summed E-state index contributed by atoms with van der Waals surface area (Å²) in [5, 5.41) is 0. The molecule has 0 aliphatic carbocycles. The molecule has 0 aromatic carbocycles. The molecule has 0 aromatic rings. The van der Waals surface area contributed by atoms with Gasteiger partial charge in [-0.05, 0) is 74.0 Å². The van der Waals surface area contributed by atoms with Crippen LogP contribution in [0.4, 0.5) is 0 Å². The van der Waals surface area contributed by atoms with Gasteiger partial charge in [-0.25, -0.2) is 0 Å². The second-order valence-electron chi connectivity index (χ2n) is 20.5. The average molecular weight is 1290 g/mol. The molecular formula is C54H114NdO6P3S6. The Morgan fingerprint density at radius 1 is 0.243 bits per heavy atom. The van der Waals surface area contributed by atoms with Crippen molar-refractivity contribution in [3.8, 4) is 0 Å². The maximum atomic E-state index is 5.64. The predicted octanol–water partition coefficient (Wildman–Crippen LogP) is 21.0. The van der Waals surface area contributed by atoms with E-state index in [2.05, 4.69) is 83.1 Å². The Morgan fingerprint density at radius 2 is 0.371 bits per heavy atom. The van der Waals surface area contributed by atoms with E-state index in [-0.39, 0.29) is 40.8 Å². The van der Waals surface area contributed by atoms with Crippen molar-refractivity contribution in [2.45, 2.75) is 276 Å². The minimum absolute atomic E-state index is 0. The maximum absolute atomic E-state index is 5.64. The summed E-state index contributed by atoms with van der Waals surface area (Å²) in [5.74, 6) is 5.02. The largest absolute Gasteiger partial charge is 3.00 e. The molecule has 0 aliphatic rings. The van der Waals surface area contributed by atoms with E-state index in [1.807, 2.05) is 0 Å². The molecule has 6 nitrogen and oxygen atoms in total. The molecule has 0 amide bonds. The van der Waals surface area contributed by atoms with E-state index in [0.717, 1.165) is 74.0 Å². The molecule has 0 N–H and O–H groups in total. The number of unbranched alkanes of at least 4 members (excludes halogenated alkanes) is 12. The van der Waals surface area contributed by atoms with Crippen LogP contribution in [0.2, 0.25) is 0 Å². The van der Waals surface area contributed by atoms with Crippen LogP contribution in [0.5, 0.6) is 0 Å². The third-order valence-corrected chi connectivity index (χ3v) is 20.5. The first-order chi connectivity index (χ1) is 32.7. The topological polar surface area (TPSA) is 55.4 Å². The monoisotopic (exact) mass is 1290 g/mol. The van der Waals surface area contributed by atoms with Gasteiger partial charge in [-0.15, -0.1) is 0 Å². The van der Waals surface area contributed by atoms with E-state index in [0.29, 0.717) is 39.6 Å². The molecule has 0 aromatic heterocycles. The molecule has 0 fully saturated rings. The first-order valence-electron chi connectivity index (χ1n) is 28.5. The van der Waals surface area contributed by atoms with Crippen molar-refractivity contribution in [1.29, 1.82) is 0 Å². The molecule has 0 spiro atoms. The molecular weight excluding hydrogens is 1170 g/mol. The van der Waals surface area contributed by atoms with Gasteiger partial charge in [0.05, 0.1) is 39.6 Å².